The summed E-state index contributed by atoms with van der Waals surface area (Å²) in [6, 6.07) is 7.01. The highest BCUT2D eigenvalue weighted by Gasteiger charge is 2.19. The van der Waals surface area contributed by atoms with Gasteiger partial charge in [0.1, 0.15) is 0 Å². The first-order valence-corrected chi connectivity index (χ1v) is 8.19. The zero-order chi connectivity index (χ0) is 13.7. The van der Waals surface area contributed by atoms with Crippen LogP contribution in [0.25, 0.3) is 0 Å². The van der Waals surface area contributed by atoms with Crippen molar-refractivity contribution in [2.24, 2.45) is 0 Å². The van der Waals surface area contributed by atoms with Crippen LogP contribution in [0, 0.1) is 0 Å². The van der Waals surface area contributed by atoms with Crippen molar-refractivity contribution in [2.45, 2.75) is 12.7 Å². The second kappa shape index (κ2) is 6.56. The molecular formula is C12H16ClNO4S. The minimum atomic E-state index is -3.35. The molecule has 0 aliphatic carbocycles. The predicted molar refractivity (Wildman–Crippen MR) is 73.8 cm³/mol. The van der Waals surface area contributed by atoms with Crippen LogP contribution in [-0.2, 0) is 19.5 Å². The van der Waals surface area contributed by atoms with E-state index in [-0.39, 0.29) is 5.75 Å². The topological polar surface area (TPSA) is 64.6 Å². The Labute approximate surface area is 117 Å². The van der Waals surface area contributed by atoms with Crippen LogP contribution in [0.5, 0.6) is 0 Å². The van der Waals surface area contributed by atoms with Crippen LogP contribution in [0.15, 0.2) is 24.3 Å². The van der Waals surface area contributed by atoms with Gasteiger partial charge in [0.15, 0.2) is 6.29 Å². The Bertz CT molecular complexity index is 514. The summed E-state index contributed by atoms with van der Waals surface area (Å²) in [7, 11) is -3.35. The number of halogens is 1. The van der Waals surface area contributed by atoms with Crippen molar-refractivity contribution >= 4 is 27.3 Å². The van der Waals surface area contributed by atoms with Crippen LogP contribution < -0.4 is 4.72 Å². The highest BCUT2D eigenvalue weighted by atomic mass is 35.5. The summed E-state index contributed by atoms with van der Waals surface area (Å²) >= 11 is 5.50. The molecule has 1 aliphatic heterocycles. The molecule has 2 rings (SSSR count). The molecule has 1 aromatic rings. The van der Waals surface area contributed by atoms with E-state index in [1.54, 1.807) is 18.2 Å². The summed E-state index contributed by atoms with van der Waals surface area (Å²) < 4.78 is 36.8. The molecule has 0 unspecified atom stereocenters. The van der Waals surface area contributed by atoms with Crippen molar-refractivity contribution in [1.29, 1.82) is 0 Å². The van der Waals surface area contributed by atoms with Gasteiger partial charge in [-0.05, 0) is 18.6 Å². The highest BCUT2D eigenvalue weighted by Crippen LogP contribution is 2.25. The number of alkyl halides is 1. The van der Waals surface area contributed by atoms with Crippen molar-refractivity contribution in [3.05, 3.63) is 29.8 Å². The minimum absolute atomic E-state index is 0.0111. The van der Waals surface area contributed by atoms with E-state index in [0.29, 0.717) is 31.2 Å². The third-order valence-corrected chi connectivity index (χ3v) is 4.24. The normalized spacial score (nSPS) is 16.7. The molecular weight excluding hydrogens is 290 g/mol. The molecule has 0 bridgehead atoms. The number of ether oxygens (including phenoxy) is 2. The zero-order valence-corrected chi connectivity index (χ0v) is 11.9. The standard InChI is InChI=1S/C12H16ClNO4S/c13-5-2-8-19(15,16)14-11-4-1-3-10(9-11)12-17-6-7-18-12/h1,3-4,9,12,14H,2,5-8H2. The zero-order valence-electron chi connectivity index (χ0n) is 10.3. The largest absolute Gasteiger partial charge is 0.346 e. The third-order valence-electron chi connectivity index (χ3n) is 2.60. The molecule has 0 amide bonds. The lowest BCUT2D eigenvalue weighted by molar-refractivity contribution is -0.0440. The van der Waals surface area contributed by atoms with Crippen molar-refractivity contribution < 1.29 is 17.9 Å². The average Bonchev–Trinajstić information content (AvgIpc) is 2.90. The third kappa shape index (κ3) is 4.35. The lowest BCUT2D eigenvalue weighted by Gasteiger charge is -2.12. The van der Waals surface area contributed by atoms with Gasteiger partial charge in [0.2, 0.25) is 10.0 Å². The Hall–Kier alpha value is -0.820. The summed E-state index contributed by atoms with van der Waals surface area (Å²) in [5.41, 5.74) is 1.31. The molecule has 0 saturated carbocycles. The van der Waals surface area contributed by atoms with Gasteiger partial charge in [-0.2, -0.15) is 0 Å². The van der Waals surface area contributed by atoms with Gasteiger partial charge in [-0.25, -0.2) is 8.42 Å². The fraction of sp³-hybridized carbons (Fsp3) is 0.500. The molecule has 0 aromatic heterocycles. The molecule has 106 valence electrons. The Balaban J connectivity index is 2.06. The van der Waals surface area contributed by atoms with Gasteiger partial charge in [-0.1, -0.05) is 12.1 Å². The van der Waals surface area contributed by atoms with E-state index in [9.17, 15) is 8.42 Å². The maximum Gasteiger partial charge on any atom is 0.232 e. The Kier molecular flexibility index (Phi) is 5.04. The maximum atomic E-state index is 11.8. The Morgan fingerprint density at radius 2 is 2.05 bits per heavy atom. The maximum absolute atomic E-state index is 11.8. The summed E-state index contributed by atoms with van der Waals surface area (Å²) in [5, 5.41) is 0. The van der Waals surface area contributed by atoms with E-state index in [0.717, 1.165) is 5.56 Å². The van der Waals surface area contributed by atoms with Crippen molar-refractivity contribution in [1.82, 2.24) is 0 Å². The molecule has 19 heavy (non-hydrogen) atoms. The minimum Gasteiger partial charge on any atom is -0.346 e. The number of anilines is 1. The van der Waals surface area contributed by atoms with Gasteiger partial charge in [0.25, 0.3) is 0 Å². The van der Waals surface area contributed by atoms with E-state index in [2.05, 4.69) is 4.72 Å². The second-order valence-electron chi connectivity index (χ2n) is 4.16. The molecule has 1 fully saturated rings. The summed E-state index contributed by atoms with van der Waals surface area (Å²) in [6.45, 7) is 1.10. The quantitative estimate of drug-likeness (QED) is 0.818. The fourth-order valence-electron chi connectivity index (χ4n) is 1.77. The van der Waals surface area contributed by atoms with Crippen LogP contribution in [0.2, 0.25) is 0 Å². The number of benzene rings is 1. The number of hydrogen-bond donors (Lipinski definition) is 1. The molecule has 0 spiro atoms. The van der Waals surface area contributed by atoms with Crippen molar-refractivity contribution in [2.75, 3.05) is 29.6 Å². The van der Waals surface area contributed by atoms with E-state index in [1.807, 2.05) is 6.07 Å². The van der Waals surface area contributed by atoms with E-state index in [1.165, 1.54) is 0 Å². The molecule has 5 nitrogen and oxygen atoms in total. The van der Waals surface area contributed by atoms with E-state index < -0.39 is 16.3 Å². The van der Waals surface area contributed by atoms with Gasteiger partial charge < -0.3 is 9.47 Å². The lowest BCUT2D eigenvalue weighted by Crippen LogP contribution is -2.17. The number of sulfonamides is 1. The molecule has 1 heterocycles. The van der Waals surface area contributed by atoms with Crippen LogP contribution in [0.4, 0.5) is 5.69 Å². The van der Waals surface area contributed by atoms with E-state index in [4.69, 9.17) is 21.1 Å². The smallest absolute Gasteiger partial charge is 0.232 e. The number of hydrogen-bond acceptors (Lipinski definition) is 4. The van der Waals surface area contributed by atoms with Crippen molar-refractivity contribution in [3.8, 4) is 0 Å². The average molecular weight is 306 g/mol. The Morgan fingerprint density at radius 1 is 1.32 bits per heavy atom. The summed E-state index contributed by atoms with van der Waals surface area (Å²) in [6.07, 6.45) is 0.0121. The van der Waals surface area contributed by atoms with Gasteiger partial charge in [0, 0.05) is 17.1 Å². The van der Waals surface area contributed by atoms with Crippen molar-refractivity contribution in [3.63, 3.8) is 0 Å². The Morgan fingerprint density at radius 3 is 2.74 bits per heavy atom. The highest BCUT2D eigenvalue weighted by molar-refractivity contribution is 7.92. The number of nitrogens with one attached hydrogen (secondary N) is 1. The molecule has 0 radical (unpaired) electrons. The molecule has 7 heteroatoms. The molecule has 1 saturated heterocycles. The molecule has 1 aromatic carbocycles. The van der Waals surface area contributed by atoms with Gasteiger partial charge in [0.05, 0.1) is 19.0 Å². The summed E-state index contributed by atoms with van der Waals surface area (Å²) in [4.78, 5) is 0. The van der Waals surface area contributed by atoms with Gasteiger partial charge in [-0.3, -0.25) is 4.72 Å². The summed E-state index contributed by atoms with van der Waals surface area (Å²) in [5.74, 6) is 0.335. The SMILES string of the molecule is O=S(=O)(CCCCl)Nc1cccc(C2OCCO2)c1. The first kappa shape index (κ1) is 14.6. The first-order chi connectivity index (χ1) is 9.11. The van der Waals surface area contributed by atoms with Gasteiger partial charge >= 0.3 is 0 Å². The van der Waals surface area contributed by atoms with E-state index >= 15 is 0 Å². The fourth-order valence-corrected chi connectivity index (χ4v) is 3.18. The lowest BCUT2D eigenvalue weighted by atomic mass is 10.2. The molecule has 1 N–H and O–H groups in total. The van der Waals surface area contributed by atoms with Crippen LogP contribution in [0.1, 0.15) is 18.3 Å². The predicted octanol–water partition coefficient (Wildman–Crippen LogP) is 2.10. The second-order valence-corrected chi connectivity index (χ2v) is 6.38. The van der Waals surface area contributed by atoms with Crippen LogP contribution >= 0.6 is 11.6 Å². The number of rotatable bonds is 6. The monoisotopic (exact) mass is 305 g/mol. The first-order valence-electron chi connectivity index (χ1n) is 6.00. The van der Waals surface area contributed by atoms with Crippen LogP contribution in [0.3, 0.4) is 0 Å². The van der Waals surface area contributed by atoms with Crippen LogP contribution in [-0.4, -0.2) is 33.3 Å². The van der Waals surface area contributed by atoms with Gasteiger partial charge in [-0.15, -0.1) is 11.6 Å². The molecule has 1 aliphatic rings. The molecule has 0 atom stereocenters.